The first-order valence-corrected chi connectivity index (χ1v) is 3.50. The summed E-state index contributed by atoms with van der Waals surface area (Å²) in [5, 5.41) is 0. The van der Waals surface area contributed by atoms with Gasteiger partial charge in [-0.3, -0.25) is 0 Å². The molecule has 0 aromatic heterocycles. The van der Waals surface area contributed by atoms with Gasteiger partial charge in [-0.25, -0.2) is 0 Å². The molecule has 0 radical (unpaired) electrons. The van der Waals surface area contributed by atoms with Crippen molar-refractivity contribution in [2.75, 3.05) is 0 Å². The lowest BCUT2D eigenvalue weighted by Crippen LogP contribution is -1.66. The van der Waals surface area contributed by atoms with Crippen LogP contribution in [0.25, 0.3) is 0 Å². The third-order valence-corrected chi connectivity index (χ3v) is 1.75. The van der Waals surface area contributed by atoms with Crippen LogP contribution in [0.4, 0.5) is 0 Å². The largest absolute Gasteiger partial charge is 0.147 e. The number of rotatable bonds is 0. The Bertz CT molecular complexity index is 24.0. The summed E-state index contributed by atoms with van der Waals surface area (Å²) in [6.07, 6.45) is 10.5. The van der Waals surface area contributed by atoms with E-state index in [1.165, 1.54) is 44.9 Å². The molecule has 1 fully saturated rings. The van der Waals surface area contributed by atoms with Crippen molar-refractivity contribution in [3.05, 3.63) is 0 Å². The molecule has 1 aliphatic rings. The predicted molar refractivity (Wildman–Crippen MR) is 39.6 cm³/mol. The van der Waals surface area contributed by atoms with E-state index in [9.17, 15) is 0 Å². The molecule has 0 bridgehead atoms. The SMILES string of the molecule is C1CCCCCC1.Cl. The molecule has 1 saturated carbocycles. The lowest BCUT2D eigenvalue weighted by atomic mass is 10.2. The highest BCUT2D eigenvalue weighted by Crippen LogP contribution is 2.15. The third kappa shape index (κ3) is 3.31. The van der Waals surface area contributed by atoms with Gasteiger partial charge in [0.2, 0.25) is 0 Å². The van der Waals surface area contributed by atoms with Crippen LogP contribution in [0.2, 0.25) is 0 Å². The molecule has 0 saturated heterocycles. The summed E-state index contributed by atoms with van der Waals surface area (Å²) in [5.74, 6) is 0. The highest BCUT2D eigenvalue weighted by molar-refractivity contribution is 5.85. The lowest BCUT2D eigenvalue weighted by molar-refractivity contribution is 0.702. The summed E-state index contributed by atoms with van der Waals surface area (Å²) in [6.45, 7) is 0. The van der Waals surface area contributed by atoms with E-state index in [4.69, 9.17) is 0 Å². The van der Waals surface area contributed by atoms with E-state index in [0.29, 0.717) is 0 Å². The molecule has 1 rings (SSSR count). The van der Waals surface area contributed by atoms with Crippen molar-refractivity contribution in [2.45, 2.75) is 44.9 Å². The second-order valence-corrected chi connectivity index (χ2v) is 2.47. The second kappa shape index (κ2) is 5.43. The average molecular weight is 135 g/mol. The molecule has 0 N–H and O–H groups in total. The van der Waals surface area contributed by atoms with Gasteiger partial charge in [0, 0.05) is 0 Å². The first kappa shape index (κ1) is 8.29. The van der Waals surface area contributed by atoms with Crippen molar-refractivity contribution in [3.63, 3.8) is 0 Å². The van der Waals surface area contributed by atoms with Crippen LogP contribution < -0.4 is 0 Å². The quantitative estimate of drug-likeness (QED) is 0.447. The molecule has 0 atom stereocenters. The Balaban J connectivity index is 0.000000490. The van der Waals surface area contributed by atoms with Crippen LogP contribution in [0.3, 0.4) is 0 Å². The summed E-state index contributed by atoms with van der Waals surface area (Å²) < 4.78 is 0. The summed E-state index contributed by atoms with van der Waals surface area (Å²) >= 11 is 0. The third-order valence-electron chi connectivity index (χ3n) is 1.75. The van der Waals surface area contributed by atoms with E-state index in [-0.39, 0.29) is 12.4 Å². The molecule has 0 amide bonds. The van der Waals surface area contributed by atoms with Crippen LogP contribution in [0.1, 0.15) is 44.9 Å². The number of hydrogen-bond donors (Lipinski definition) is 0. The zero-order valence-electron chi connectivity index (χ0n) is 5.36. The monoisotopic (exact) mass is 134 g/mol. The van der Waals surface area contributed by atoms with E-state index in [2.05, 4.69) is 0 Å². The molecule has 0 unspecified atom stereocenters. The van der Waals surface area contributed by atoms with Crippen LogP contribution >= 0.6 is 12.4 Å². The fraction of sp³-hybridized carbons (Fsp3) is 1.00. The van der Waals surface area contributed by atoms with Crippen molar-refractivity contribution >= 4 is 12.4 Å². The van der Waals surface area contributed by atoms with E-state index in [1.807, 2.05) is 0 Å². The summed E-state index contributed by atoms with van der Waals surface area (Å²) in [6, 6.07) is 0. The van der Waals surface area contributed by atoms with Crippen LogP contribution in [-0.4, -0.2) is 0 Å². The number of halogens is 1. The van der Waals surface area contributed by atoms with Gasteiger partial charge in [0.05, 0.1) is 0 Å². The minimum absolute atomic E-state index is 0. The maximum atomic E-state index is 1.50. The van der Waals surface area contributed by atoms with E-state index < -0.39 is 0 Å². The second-order valence-electron chi connectivity index (χ2n) is 2.47. The van der Waals surface area contributed by atoms with Crippen molar-refractivity contribution in [1.82, 2.24) is 0 Å². The summed E-state index contributed by atoms with van der Waals surface area (Å²) in [5.41, 5.74) is 0. The molecule has 0 spiro atoms. The normalized spacial score (nSPS) is 21.0. The molecule has 0 aromatic rings. The molecule has 0 aliphatic heterocycles. The topological polar surface area (TPSA) is 0 Å². The molecular formula is C7H15Cl. The zero-order chi connectivity index (χ0) is 4.95. The standard InChI is InChI=1S/C7H14.ClH/c1-2-4-6-7-5-3-1;/h1-7H2;1H. The van der Waals surface area contributed by atoms with Gasteiger partial charge in [-0.05, 0) is 0 Å². The Hall–Kier alpha value is 0.290. The Kier molecular flexibility index (Phi) is 5.62. The average Bonchev–Trinajstić information content (AvgIpc) is 1.90. The van der Waals surface area contributed by atoms with Gasteiger partial charge in [0.15, 0.2) is 0 Å². The van der Waals surface area contributed by atoms with Crippen molar-refractivity contribution in [1.29, 1.82) is 0 Å². The molecular weight excluding hydrogens is 120 g/mol. The molecule has 1 aliphatic carbocycles. The van der Waals surface area contributed by atoms with Crippen molar-refractivity contribution in [2.24, 2.45) is 0 Å². The van der Waals surface area contributed by atoms with Crippen molar-refractivity contribution in [3.8, 4) is 0 Å². The Morgan fingerprint density at radius 3 is 0.625 bits per heavy atom. The lowest BCUT2D eigenvalue weighted by Gasteiger charge is -1.85. The molecule has 8 heavy (non-hydrogen) atoms. The Morgan fingerprint density at radius 1 is 0.375 bits per heavy atom. The summed E-state index contributed by atoms with van der Waals surface area (Å²) in [4.78, 5) is 0. The minimum atomic E-state index is 0. The summed E-state index contributed by atoms with van der Waals surface area (Å²) in [7, 11) is 0. The van der Waals surface area contributed by atoms with E-state index in [1.54, 1.807) is 0 Å². The maximum Gasteiger partial charge on any atom is -0.0533 e. The Labute approximate surface area is 58.1 Å². The highest BCUT2D eigenvalue weighted by atomic mass is 35.5. The first-order chi connectivity index (χ1) is 3.50. The van der Waals surface area contributed by atoms with Gasteiger partial charge in [-0.2, -0.15) is 0 Å². The predicted octanol–water partition coefficient (Wildman–Crippen LogP) is 3.15. The van der Waals surface area contributed by atoms with Gasteiger partial charge in [0.25, 0.3) is 0 Å². The van der Waals surface area contributed by atoms with Crippen LogP contribution in [0.5, 0.6) is 0 Å². The first-order valence-electron chi connectivity index (χ1n) is 3.50. The van der Waals surface area contributed by atoms with Gasteiger partial charge in [0.1, 0.15) is 0 Å². The molecule has 0 aromatic carbocycles. The molecule has 0 nitrogen and oxygen atoms in total. The van der Waals surface area contributed by atoms with E-state index in [0.717, 1.165) is 0 Å². The van der Waals surface area contributed by atoms with Crippen molar-refractivity contribution < 1.29 is 0 Å². The minimum Gasteiger partial charge on any atom is -0.147 e. The van der Waals surface area contributed by atoms with E-state index >= 15 is 0 Å². The maximum absolute atomic E-state index is 1.50. The highest BCUT2D eigenvalue weighted by Gasteiger charge is 1.95. The van der Waals surface area contributed by atoms with Crippen LogP contribution in [0, 0.1) is 0 Å². The number of hydrogen-bond acceptors (Lipinski definition) is 0. The van der Waals surface area contributed by atoms with Gasteiger partial charge < -0.3 is 0 Å². The van der Waals surface area contributed by atoms with Gasteiger partial charge >= 0.3 is 0 Å². The fourth-order valence-electron chi connectivity index (χ4n) is 1.24. The molecule has 0 heterocycles. The fourth-order valence-corrected chi connectivity index (χ4v) is 1.24. The van der Waals surface area contributed by atoms with Crippen LogP contribution in [-0.2, 0) is 0 Å². The van der Waals surface area contributed by atoms with Gasteiger partial charge in [-0.1, -0.05) is 44.9 Å². The Morgan fingerprint density at radius 2 is 0.500 bits per heavy atom. The zero-order valence-corrected chi connectivity index (χ0v) is 6.17. The van der Waals surface area contributed by atoms with Gasteiger partial charge in [-0.15, -0.1) is 12.4 Å². The smallest absolute Gasteiger partial charge is 0.0533 e. The van der Waals surface area contributed by atoms with Crippen LogP contribution in [0.15, 0.2) is 0 Å². The molecule has 1 heteroatoms. The molecule has 50 valence electrons.